The summed E-state index contributed by atoms with van der Waals surface area (Å²) in [4.78, 5) is 15.6. The lowest BCUT2D eigenvalue weighted by Gasteiger charge is -2.03. The Morgan fingerprint density at radius 3 is 2.72 bits per heavy atom. The van der Waals surface area contributed by atoms with Gasteiger partial charge in [-0.3, -0.25) is 4.79 Å². The first-order chi connectivity index (χ1) is 8.69. The maximum absolute atomic E-state index is 11.2. The number of carbonyl (C=O) groups is 1. The fraction of sp³-hybridized carbons (Fsp3) is 0.154. The number of thiazole rings is 1. The molecule has 5 heteroatoms. The number of nitriles is 1. The highest BCUT2D eigenvalue weighted by Gasteiger charge is 2.04. The summed E-state index contributed by atoms with van der Waals surface area (Å²) in [7, 11) is 0. The second-order valence-electron chi connectivity index (χ2n) is 3.71. The van der Waals surface area contributed by atoms with E-state index in [1.165, 1.54) is 0 Å². The summed E-state index contributed by atoms with van der Waals surface area (Å²) < 4.78 is 0. The van der Waals surface area contributed by atoms with E-state index < -0.39 is 0 Å². The molecule has 0 saturated heterocycles. The Hall–Kier alpha value is -2.19. The number of amides is 1. The molecule has 1 N–H and O–H groups in total. The summed E-state index contributed by atoms with van der Waals surface area (Å²) in [6.07, 6.45) is -0.132. The van der Waals surface area contributed by atoms with Gasteiger partial charge in [-0.25, -0.2) is 4.98 Å². The number of aromatic nitrogens is 1. The van der Waals surface area contributed by atoms with Crippen LogP contribution in [-0.2, 0) is 4.79 Å². The highest BCUT2D eigenvalue weighted by atomic mass is 32.1. The standard InChI is InChI=1S/C13H11N3OS/c1-9-15-12(8-18-9)10-2-4-11(5-3-10)16-13(17)6-7-14/h2-5,8H,6H2,1H3,(H,16,17). The first-order valence-corrected chi connectivity index (χ1v) is 6.26. The van der Waals surface area contributed by atoms with Gasteiger partial charge in [-0.1, -0.05) is 12.1 Å². The Balaban J connectivity index is 2.11. The van der Waals surface area contributed by atoms with Gasteiger partial charge in [-0.05, 0) is 19.1 Å². The van der Waals surface area contributed by atoms with E-state index in [9.17, 15) is 4.79 Å². The summed E-state index contributed by atoms with van der Waals surface area (Å²) in [5.74, 6) is -0.297. The van der Waals surface area contributed by atoms with Crippen molar-refractivity contribution in [3.05, 3.63) is 34.7 Å². The summed E-state index contributed by atoms with van der Waals surface area (Å²) in [5.41, 5.74) is 2.64. The van der Waals surface area contributed by atoms with Crippen LogP contribution in [0.15, 0.2) is 29.6 Å². The maximum Gasteiger partial charge on any atom is 0.238 e. The molecule has 2 rings (SSSR count). The fourth-order valence-electron chi connectivity index (χ4n) is 1.50. The molecule has 0 unspecified atom stereocenters. The third kappa shape index (κ3) is 2.93. The zero-order chi connectivity index (χ0) is 13.0. The first-order valence-electron chi connectivity index (χ1n) is 5.38. The van der Waals surface area contributed by atoms with Crippen molar-refractivity contribution in [2.45, 2.75) is 13.3 Å². The van der Waals surface area contributed by atoms with Gasteiger partial charge in [0.15, 0.2) is 0 Å². The quantitative estimate of drug-likeness (QED) is 0.919. The van der Waals surface area contributed by atoms with E-state index in [4.69, 9.17) is 5.26 Å². The van der Waals surface area contributed by atoms with Crippen molar-refractivity contribution in [2.75, 3.05) is 5.32 Å². The van der Waals surface area contributed by atoms with E-state index in [2.05, 4.69) is 10.3 Å². The minimum absolute atomic E-state index is 0.132. The van der Waals surface area contributed by atoms with Crippen LogP contribution in [0, 0.1) is 18.3 Å². The molecule has 90 valence electrons. The average molecular weight is 257 g/mol. The van der Waals surface area contributed by atoms with Gasteiger partial charge in [-0.2, -0.15) is 5.26 Å². The van der Waals surface area contributed by atoms with Crippen LogP contribution in [0.3, 0.4) is 0 Å². The van der Waals surface area contributed by atoms with Gasteiger partial charge in [0.1, 0.15) is 6.42 Å². The molecule has 0 saturated carbocycles. The number of nitrogens with one attached hydrogen (secondary N) is 1. The van der Waals surface area contributed by atoms with Crippen molar-refractivity contribution in [3.8, 4) is 17.3 Å². The number of nitrogens with zero attached hydrogens (tertiary/aromatic N) is 2. The molecule has 1 aromatic carbocycles. The molecule has 0 aliphatic heterocycles. The van der Waals surface area contributed by atoms with Crippen molar-refractivity contribution in [2.24, 2.45) is 0 Å². The zero-order valence-corrected chi connectivity index (χ0v) is 10.6. The largest absolute Gasteiger partial charge is 0.325 e. The lowest BCUT2D eigenvalue weighted by molar-refractivity contribution is -0.115. The second-order valence-corrected chi connectivity index (χ2v) is 4.77. The zero-order valence-electron chi connectivity index (χ0n) is 9.80. The molecular weight excluding hydrogens is 246 g/mol. The van der Waals surface area contributed by atoms with Crippen LogP contribution in [0.25, 0.3) is 11.3 Å². The SMILES string of the molecule is Cc1nc(-c2ccc(NC(=O)CC#N)cc2)cs1. The van der Waals surface area contributed by atoms with E-state index in [-0.39, 0.29) is 12.3 Å². The molecule has 0 bridgehead atoms. The van der Waals surface area contributed by atoms with Crippen molar-refractivity contribution in [3.63, 3.8) is 0 Å². The number of hydrogen-bond acceptors (Lipinski definition) is 4. The predicted octanol–water partition coefficient (Wildman–Crippen LogP) is 2.97. The lowest BCUT2D eigenvalue weighted by atomic mass is 10.1. The molecule has 0 radical (unpaired) electrons. The van der Waals surface area contributed by atoms with E-state index in [0.29, 0.717) is 5.69 Å². The van der Waals surface area contributed by atoms with Crippen LogP contribution in [0.1, 0.15) is 11.4 Å². The van der Waals surface area contributed by atoms with Crippen LogP contribution in [0.5, 0.6) is 0 Å². The number of aryl methyl sites for hydroxylation is 1. The van der Waals surface area contributed by atoms with Crippen molar-refractivity contribution >= 4 is 22.9 Å². The number of hydrogen-bond donors (Lipinski definition) is 1. The van der Waals surface area contributed by atoms with Crippen LogP contribution in [-0.4, -0.2) is 10.9 Å². The Kier molecular flexibility index (Phi) is 3.70. The molecule has 1 amide bonds. The summed E-state index contributed by atoms with van der Waals surface area (Å²) >= 11 is 1.60. The molecule has 0 aliphatic carbocycles. The minimum Gasteiger partial charge on any atom is -0.325 e. The van der Waals surface area contributed by atoms with E-state index in [1.54, 1.807) is 23.5 Å². The minimum atomic E-state index is -0.297. The lowest BCUT2D eigenvalue weighted by Crippen LogP contribution is -2.09. The number of rotatable bonds is 3. The molecule has 4 nitrogen and oxygen atoms in total. The number of anilines is 1. The molecule has 0 atom stereocenters. The first kappa shape index (κ1) is 12.3. The van der Waals surface area contributed by atoms with Gasteiger partial charge >= 0.3 is 0 Å². The summed E-state index contributed by atoms with van der Waals surface area (Å²) in [6, 6.07) is 9.22. The Bertz CT molecular complexity index is 595. The average Bonchev–Trinajstić information content (AvgIpc) is 2.77. The molecular formula is C13H11N3OS. The third-order valence-corrected chi connectivity index (χ3v) is 3.10. The van der Waals surface area contributed by atoms with Gasteiger partial charge in [0.25, 0.3) is 0 Å². The van der Waals surface area contributed by atoms with Gasteiger partial charge in [0.2, 0.25) is 5.91 Å². The molecule has 18 heavy (non-hydrogen) atoms. The Morgan fingerprint density at radius 2 is 2.17 bits per heavy atom. The van der Waals surface area contributed by atoms with Crippen LogP contribution < -0.4 is 5.32 Å². The Labute approximate surface area is 109 Å². The normalized spacial score (nSPS) is 9.78. The second kappa shape index (κ2) is 5.43. The third-order valence-electron chi connectivity index (χ3n) is 2.32. The predicted molar refractivity (Wildman–Crippen MR) is 71.1 cm³/mol. The van der Waals surface area contributed by atoms with Crippen LogP contribution >= 0.6 is 11.3 Å². The molecule has 2 aromatic rings. The summed E-state index contributed by atoms with van der Waals surface area (Å²) in [6.45, 7) is 1.96. The highest BCUT2D eigenvalue weighted by Crippen LogP contribution is 2.23. The molecule has 0 aliphatic rings. The smallest absolute Gasteiger partial charge is 0.238 e. The molecule has 1 heterocycles. The number of benzene rings is 1. The van der Waals surface area contributed by atoms with Crippen molar-refractivity contribution in [1.82, 2.24) is 4.98 Å². The molecule has 0 fully saturated rings. The maximum atomic E-state index is 11.2. The fourth-order valence-corrected chi connectivity index (χ4v) is 2.12. The Morgan fingerprint density at radius 1 is 1.44 bits per heavy atom. The van der Waals surface area contributed by atoms with E-state index in [1.807, 2.05) is 30.5 Å². The highest BCUT2D eigenvalue weighted by molar-refractivity contribution is 7.09. The molecule has 1 aromatic heterocycles. The van der Waals surface area contributed by atoms with E-state index >= 15 is 0 Å². The van der Waals surface area contributed by atoms with Crippen LogP contribution in [0.2, 0.25) is 0 Å². The summed E-state index contributed by atoms with van der Waals surface area (Å²) in [5, 5.41) is 14.1. The monoisotopic (exact) mass is 257 g/mol. The van der Waals surface area contributed by atoms with Gasteiger partial charge in [0, 0.05) is 16.6 Å². The topological polar surface area (TPSA) is 65.8 Å². The van der Waals surface area contributed by atoms with Crippen LogP contribution in [0.4, 0.5) is 5.69 Å². The van der Waals surface area contributed by atoms with E-state index in [0.717, 1.165) is 16.3 Å². The van der Waals surface area contributed by atoms with Gasteiger partial charge in [0.05, 0.1) is 16.8 Å². The van der Waals surface area contributed by atoms with Crippen molar-refractivity contribution < 1.29 is 4.79 Å². The van der Waals surface area contributed by atoms with Gasteiger partial charge in [-0.15, -0.1) is 11.3 Å². The van der Waals surface area contributed by atoms with Crippen molar-refractivity contribution in [1.29, 1.82) is 5.26 Å². The molecule has 0 spiro atoms. The number of carbonyl (C=O) groups excluding carboxylic acids is 1. The van der Waals surface area contributed by atoms with Gasteiger partial charge < -0.3 is 5.32 Å².